The van der Waals surface area contributed by atoms with Crippen molar-refractivity contribution in [3.63, 3.8) is 0 Å². The van der Waals surface area contributed by atoms with Gasteiger partial charge < -0.3 is 9.84 Å². The van der Waals surface area contributed by atoms with E-state index in [2.05, 4.69) is 15.5 Å². The van der Waals surface area contributed by atoms with E-state index in [4.69, 9.17) is 4.52 Å². The molecule has 0 saturated heterocycles. The molecule has 0 aliphatic carbocycles. The normalized spacial score (nSPS) is 10.8. The molecule has 22 heavy (non-hydrogen) atoms. The SMILES string of the molecule is Cc1csc(=O)n1CC(=O)NCc1nc(-c2cccs2)no1. The highest BCUT2D eigenvalue weighted by atomic mass is 32.1. The fraction of sp³-hybridized carbons (Fsp3) is 0.231. The van der Waals surface area contributed by atoms with Crippen LogP contribution < -0.4 is 10.2 Å². The average Bonchev–Trinajstić information content (AvgIpc) is 3.22. The largest absolute Gasteiger partial charge is 0.345 e. The van der Waals surface area contributed by atoms with Gasteiger partial charge in [0.15, 0.2) is 0 Å². The van der Waals surface area contributed by atoms with Crippen molar-refractivity contribution >= 4 is 28.6 Å². The van der Waals surface area contributed by atoms with E-state index in [9.17, 15) is 9.59 Å². The molecule has 0 aliphatic rings. The van der Waals surface area contributed by atoms with Gasteiger partial charge in [0.1, 0.15) is 6.54 Å². The monoisotopic (exact) mass is 336 g/mol. The fourth-order valence-corrected chi connectivity index (χ4v) is 3.19. The number of hydrogen-bond acceptors (Lipinski definition) is 7. The van der Waals surface area contributed by atoms with Gasteiger partial charge in [0, 0.05) is 11.1 Å². The summed E-state index contributed by atoms with van der Waals surface area (Å²) in [4.78, 5) is 28.4. The molecular weight excluding hydrogens is 324 g/mol. The zero-order valence-electron chi connectivity index (χ0n) is 11.6. The van der Waals surface area contributed by atoms with E-state index < -0.39 is 0 Å². The van der Waals surface area contributed by atoms with E-state index in [0.29, 0.717) is 11.7 Å². The Morgan fingerprint density at radius 1 is 1.45 bits per heavy atom. The minimum atomic E-state index is -0.278. The van der Waals surface area contributed by atoms with Crippen LogP contribution in [0.5, 0.6) is 0 Å². The van der Waals surface area contributed by atoms with Crippen LogP contribution in [0.4, 0.5) is 0 Å². The Morgan fingerprint density at radius 2 is 2.32 bits per heavy atom. The predicted molar refractivity (Wildman–Crippen MR) is 82.8 cm³/mol. The van der Waals surface area contributed by atoms with E-state index in [1.54, 1.807) is 12.3 Å². The third-order valence-corrected chi connectivity index (χ3v) is 4.67. The first-order valence-corrected chi connectivity index (χ1v) is 8.17. The third kappa shape index (κ3) is 3.15. The first-order chi connectivity index (χ1) is 10.6. The summed E-state index contributed by atoms with van der Waals surface area (Å²) in [5.41, 5.74) is 0.767. The molecule has 3 aromatic heterocycles. The van der Waals surface area contributed by atoms with Crippen LogP contribution in [0.1, 0.15) is 11.6 Å². The summed E-state index contributed by atoms with van der Waals surface area (Å²) in [6.07, 6.45) is 0. The van der Waals surface area contributed by atoms with E-state index in [-0.39, 0.29) is 23.9 Å². The molecule has 0 aliphatic heterocycles. The standard InChI is InChI=1S/C13H12N4O3S2/c1-8-7-22-13(19)17(8)6-10(18)14-5-11-15-12(16-20-11)9-3-2-4-21-9/h2-4,7H,5-6H2,1H3,(H,14,18). The van der Waals surface area contributed by atoms with Crippen LogP contribution in [0, 0.1) is 6.92 Å². The minimum absolute atomic E-state index is 0.0138. The van der Waals surface area contributed by atoms with Crippen molar-refractivity contribution in [1.29, 1.82) is 0 Å². The van der Waals surface area contributed by atoms with Crippen molar-refractivity contribution in [3.05, 3.63) is 44.1 Å². The van der Waals surface area contributed by atoms with Crippen LogP contribution >= 0.6 is 22.7 Å². The Balaban J connectivity index is 1.59. The lowest BCUT2D eigenvalue weighted by molar-refractivity contribution is -0.122. The van der Waals surface area contributed by atoms with Gasteiger partial charge in [0.05, 0.1) is 11.4 Å². The molecule has 3 rings (SSSR count). The molecule has 9 heteroatoms. The fourth-order valence-electron chi connectivity index (χ4n) is 1.80. The van der Waals surface area contributed by atoms with E-state index in [1.807, 2.05) is 17.5 Å². The molecule has 0 spiro atoms. The second-order valence-electron chi connectivity index (χ2n) is 4.49. The Bertz CT molecular complexity index is 832. The van der Waals surface area contributed by atoms with Gasteiger partial charge in [-0.05, 0) is 18.4 Å². The van der Waals surface area contributed by atoms with Gasteiger partial charge in [-0.2, -0.15) is 4.98 Å². The molecule has 1 N–H and O–H groups in total. The number of nitrogens with zero attached hydrogens (tertiary/aromatic N) is 3. The second kappa shape index (κ2) is 6.24. The summed E-state index contributed by atoms with van der Waals surface area (Å²) >= 11 is 2.59. The summed E-state index contributed by atoms with van der Waals surface area (Å²) in [6.45, 7) is 1.91. The first-order valence-electron chi connectivity index (χ1n) is 6.41. The molecule has 0 fully saturated rings. The maximum atomic E-state index is 11.9. The van der Waals surface area contributed by atoms with Crippen LogP contribution in [0.2, 0.25) is 0 Å². The molecule has 114 valence electrons. The van der Waals surface area contributed by atoms with Gasteiger partial charge in [-0.3, -0.25) is 14.2 Å². The number of nitrogens with one attached hydrogen (secondary N) is 1. The Hall–Kier alpha value is -2.26. The number of thiazole rings is 1. The molecule has 7 nitrogen and oxygen atoms in total. The van der Waals surface area contributed by atoms with E-state index >= 15 is 0 Å². The molecule has 0 saturated carbocycles. The smallest absolute Gasteiger partial charge is 0.307 e. The zero-order valence-corrected chi connectivity index (χ0v) is 13.2. The number of rotatable bonds is 5. The highest BCUT2D eigenvalue weighted by Gasteiger charge is 2.12. The van der Waals surface area contributed by atoms with Crippen LogP contribution in [-0.2, 0) is 17.9 Å². The number of carbonyl (C=O) groups excluding carboxylic acids is 1. The Labute approximate surface area is 133 Å². The molecule has 3 heterocycles. The number of thiophene rings is 1. The lowest BCUT2D eigenvalue weighted by Gasteiger charge is -2.04. The van der Waals surface area contributed by atoms with Crippen LogP contribution in [0.25, 0.3) is 10.7 Å². The lowest BCUT2D eigenvalue weighted by Crippen LogP contribution is -2.30. The predicted octanol–water partition coefficient (Wildman–Crippen LogP) is 1.65. The van der Waals surface area contributed by atoms with Gasteiger partial charge in [-0.25, -0.2) is 0 Å². The molecule has 0 radical (unpaired) electrons. The number of hydrogen-bond donors (Lipinski definition) is 1. The van der Waals surface area contributed by atoms with Gasteiger partial charge >= 0.3 is 4.87 Å². The topological polar surface area (TPSA) is 90.0 Å². The zero-order chi connectivity index (χ0) is 15.5. The van der Waals surface area contributed by atoms with Gasteiger partial charge in [-0.1, -0.05) is 22.6 Å². The van der Waals surface area contributed by atoms with E-state index in [0.717, 1.165) is 21.9 Å². The van der Waals surface area contributed by atoms with Crippen molar-refractivity contribution in [2.75, 3.05) is 0 Å². The summed E-state index contributed by atoms with van der Waals surface area (Å²) in [7, 11) is 0. The number of amides is 1. The lowest BCUT2D eigenvalue weighted by atomic mass is 10.4. The van der Waals surface area contributed by atoms with Crippen molar-refractivity contribution in [2.45, 2.75) is 20.0 Å². The van der Waals surface area contributed by atoms with Crippen LogP contribution in [0.15, 0.2) is 32.2 Å². The average molecular weight is 336 g/mol. The third-order valence-electron chi connectivity index (χ3n) is 2.92. The van der Waals surface area contributed by atoms with E-state index in [1.165, 1.54) is 15.9 Å². The quantitative estimate of drug-likeness (QED) is 0.765. The van der Waals surface area contributed by atoms with Crippen molar-refractivity contribution in [3.8, 4) is 10.7 Å². The van der Waals surface area contributed by atoms with Gasteiger partial charge in [0.25, 0.3) is 0 Å². The van der Waals surface area contributed by atoms with Crippen LogP contribution in [0.3, 0.4) is 0 Å². The highest BCUT2D eigenvalue weighted by molar-refractivity contribution is 7.13. The molecule has 0 unspecified atom stereocenters. The summed E-state index contributed by atoms with van der Waals surface area (Å²) < 4.78 is 6.51. The van der Waals surface area contributed by atoms with Gasteiger partial charge in [-0.15, -0.1) is 11.3 Å². The second-order valence-corrected chi connectivity index (χ2v) is 6.26. The number of carbonyl (C=O) groups is 1. The summed E-state index contributed by atoms with van der Waals surface area (Å²) in [6, 6.07) is 3.79. The van der Waals surface area contributed by atoms with Crippen molar-refractivity contribution in [2.24, 2.45) is 0 Å². The molecule has 0 aromatic carbocycles. The maximum absolute atomic E-state index is 11.9. The van der Waals surface area contributed by atoms with Crippen molar-refractivity contribution < 1.29 is 9.32 Å². The molecule has 0 bridgehead atoms. The minimum Gasteiger partial charge on any atom is -0.345 e. The molecule has 0 atom stereocenters. The Morgan fingerprint density at radius 3 is 3.00 bits per heavy atom. The molecule has 3 aromatic rings. The highest BCUT2D eigenvalue weighted by Crippen LogP contribution is 2.21. The molecular formula is C13H12N4O3S2. The first kappa shape index (κ1) is 14.7. The Kier molecular flexibility index (Phi) is 4.16. The number of aromatic nitrogens is 3. The van der Waals surface area contributed by atoms with Crippen LogP contribution in [-0.4, -0.2) is 20.6 Å². The summed E-state index contributed by atoms with van der Waals surface area (Å²) in [5.74, 6) is 0.551. The maximum Gasteiger partial charge on any atom is 0.307 e. The number of aryl methyl sites for hydroxylation is 1. The summed E-state index contributed by atoms with van der Waals surface area (Å²) in [5, 5.41) is 10.2. The van der Waals surface area contributed by atoms with Gasteiger partial charge in [0.2, 0.25) is 17.6 Å². The van der Waals surface area contributed by atoms with Crippen molar-refractivity contribution in [1.82, 2.24) is 20.0 Å². The molecule has 1 amide bonds.